The molecule has 10 heteroatoms. The zero-order valence-corrected chi connectivity index (χ0v) is 14.4. The molecule has 0 aliphatic heterocycles. The summed E-state index contributed by atoms with van der Waals surface area (Å²) in [6, 6.07) is 3.99. The highest BCUT2D eigenvalue weighted by molar-refractivity contribution is 7.91. The van der Waals surface area contributed by atoms with Gasteiger partial charge in [-0.3, -0.25) is 4.79 Å². The third-order valence-corrected chi connectivity index (χ3v) is 6.16. The number of ether oxygens (including phenoxy) is 1. The van der Waals surface area contributed by atoms with Crippen molar-refractivity contribution in [2.75, 3.05) is 18.1 Å². The van der Waals surface area contributed by atoms with Crippen molar-refractivity contribution < 1.29 is 31.5 Å². The van der Waals surface area contributed by atoms with Gasteiger partial charge in [0, 0.05) is 5.75 Å². The highest BCUT2D eigenvalue weighted by Crippen LogP contribution is 2.16. The summed E-state index contributed by atoms with van der Waals surface area (Å²) >= 11 is 0. The molecule has 130 valence electrons. The number of sulfone groups is 1. The molecule has 0 bridgehead atoms. The Morgan fingerprint density at radius 2 is 1.78 bits per heavy atom. The third kappa shape index (κ3) is 6.16. The first-order valence-electron chi connectivity index (χ1n) is 6.76. The van der Waals surface area contributed by atoms with E-state index >= 15 is 0 Å². The van der Waals surface area contributed by atoms with Gasteiger partial charge in [-0.15, -0.1) is 0 Å². The molecule has 0 saturated heterocycles. The van der Waals surface area contributed by atoms with Crippen LogP contribution >= 0.6 is 0 Å². The lowest BCUT2D eigenvalue weighted by Gasteiger charge is -2.11. The molecule has 8 nitrogen and oxygen atoms in total. The number of hydrogen-bond acceptors (Lipinski definition) is 6. The van der Waals surface area contributed by atoms with Crippen molar-refractivity contribution in [1.82, 2.24) is 4.72 Å². The van der Waals surface area contributed by atoms with Crippen LogP contribution in [0.2, 0.25) is 0 Å². The lowest BCUT2D eigenvalue weighted by molar-refractivity contribution is -0.138. The van der Waals surface area contributed by atoms with Crippen LogP contribution in [0.4, 0.5) is 0 Å². The summed E-state index contributed by atoms with van der Waals surface area (Å²) < 4.78 is 53.8. The molecule has 0 radical (unpaired) electrons. The lowest BCUT2D eigenvalue weighted by atomic mass is 10.3. The van der Waals surface area contributed by atoms with Gasteiger partial charge in [0.1, 0.15) is 18.4 Å². The Morgan fingerprint density at radius 3 is 2.26 bits per heavy atom. The van der Waals surface area contributed by atoms with Crippen molar-refractivity contribution in [2.24, 2.45) is 0 Å². The van der Waals surface area contributed by atoms with Gasteiger partial charge in [-0.1, -0.05) is 6.92 Å². The molecular formula is C13H19NO7S2. The van der Waals surface area contributed by atoms with E-state index in [9.17, 15) is 21.6 Å². The molecule has 0 unspecified atom stereocenters. The maximum atomic E-state index is 11.9. The summed E-state index contributed by atoms with van der Waals surface area (Å²) in [6.45, 7) is 2.72. The van der Waals surface area contributed by atoms with E-state index in [2.05, 4.69) is 0 Å². The van der Waals surface area contributed by atoms with Crippen LogP contribution < -0.4 is 9.46 Å². The molecule has 0 aromatic heterocycles. The first kappa shape index (κ1) is 19.4. The number of nitrogens with one attached hydrogen (secondary N) is 1. The molecule has 0 amide bonds. The Bertz CT molecular complexity index is 739. The molecule has 1 aromatic rings. The number of rotatable bonds is 9. The van der Waals surface area contributed by atoms with Crippen LogP contribution in [0, 0.1) is 0 Å². The Balaban J connectivity index is 2.71. The van der Waals surface area contributed by atoms with E-state index in [1.807, 2.05) is 4.72 Å². The second-order valence-electron chi connectivity index (χ2n) is 4.74. The van der Waals surface area contributed by atoms with Crippen molar-refractivity contribution in [3.8, 4) is 5.75 Å². The van der Waals surface area contributed by atoms with E-state index in [0.29, 0.717) is 5.75 Å². The Labute approximate surface area is 135 Å². The first-order valence-corrected chi connectivity index (χ1v) is 10.1. The van der Waals surface area contributed by atoms with Crippen LogP contribution in [-0.2, 0) is 24.7 Å². The zero-order chi connectivity index (χ0) is 17.7. The number of benzene rings is 1. The first-order chi connectivity index (χ1) is 10.6. The van der Waals surface area contributed by atoms with Gasteiger partial charge >= 0.3 is 5.97 Å². The molecule has 0 spiro atoms. The van der Waals surface area contributed by atoms with Crippen molar-refractivity contribution in [1.29, 1.82) is 0 Å². The maximum absolute atomic E-state index is 11.9. The number of carbonyl (C=O) groups is 1. The normalized spacial score (nSPS) is 13.5. The van der Waals surface area contributed by atoms with Gasteiger partial charge in [-0.05, 0) is 31.2 Å². The van der Waals surface area contributed by atoms with Crippen LogP contribution in [0.1, 0.15) is 13.8 Å². The fourth-order valence-electron chi connectivity index (χ4n) is 1.50. The molecule has 1 atom stereocenters. The van der Waals surface area contributed by atoms with Gasteiger partial charge in [0.15, 0.2) is 9.84 Å². The van der Waals surface area contributed by atoms with Crippen LogP contribution in [0.3, 0.4) is 0 Å². The quantitative estimate of drug-likeness (QED) is 0.642. The summed E-state index contributed by atoms with van der Waals surface area (Å²) in [5, 5.41) is 8.72. The Kier molecular flexibility index (Phi) is 6.54. The van der Waals surface area contributed by atoms with Crippen LogP contribution in [0.5, 0.6) is 5.75 Å². The number of aliphatic carboxylic acids is 1. The fraction of sp³-hybridized carbons (Fsp3) is 0.462. The molecule has 0 aliphatic rings. The molecule has 1 aromatic carbocycles. The molecule has 0 aliphatic carbocycles. The minimum Gasteiger partial charge on any atom is -0.493 e. The van der Waals surface area contributed by atoms with E-state index < -0.39 is 31.9 Å². The number of carboxylic acid groups (broad SMARTS) is 1. The fourth-order valence-corrected chi connectivity index (χ4v) is 3.32. The number of hydrogen-bond donors (Lipinski definition) is 2. The van der Waals surface area contributed by atoms with Crippen molar-refractivity contribution in [2.45, 2.75) is 24.8 Å². The van der Waals surface area contributed by atoms with E-state index in [4.69, 9.17) is 9.84 Å². The molecular weight excluding hydrogens is 346 g/mol. The van der Waals surface area contributed by atoms with Crippen molar-refractivity contribution in [3.63, 3.8) is 0 Å². The Morgan fingerprint density at radius 1 is 1.22 bits per heavy atom. The summed E-state index contributed by atoms with van der Waals surface area (Å²) in [5.74, 6) is -1.06. The molecule has 1 rings (SSSR count). The summed E-state index contributed by atoms with van der Waals surface area (Å²) in [6.07, 6.45) is 0. The van der Waals surface area contributed by atoms with Gasteiger partial charge < -0.3 is 9.84 Å². The monoisotopic (exact) mass is 365 g/mol. The predicted octanol–water partition coefficient (Wildman–Crippen LogP) is 0.252. The lowest BCUT2D eigenvalue weighted by Crippen LogP contribution is -2.38. The van der Waals surface area contributed by atoms with E-state index in [-0.39, 0.29) is 23.0 Å². The van der Waals surface area contributed by atoms with Crippen molar-refractivity contribution in [3.05, 3.63) is 24.3 Å². The molecule has 0 heterocycles. The summed E-state index contributed by atoms with van der Waals surface area (Å²) in [7, 11) is -7.08. The van der Waals surface area contributed by atoms with Crippen LogP contribution in [-0.4, -0.2) is 52.1 Å². The van der Waals surface area contributed by atoms with Crippen LogP contribution in [0.15, 0.2) is 29.2 Å². The average Bonchev–Trinajstić information content (AvgIpc) is 2.47. The van der Waals surface area contributed by atoms with E-state index in [1.54, 1.807) is 6.92 Å². The third-order valence-electron chi connectivity index (χ3n) is 2.94. The Hall–Kier alpha value is -1.65. The average molecular weight is 365 g/mol. The maximum Gasteiger partial charge on any atom is 0.321 e. The molecule has 23 heavy (non-hydrogen) atoms. The highest BCUT2D eigenvalue weighted by Gasteiger charge is 2.21. The van der Waals surface area contributed by atoms with Crippen molar-refractivity contribution >= 4 is 25.8 Å². The van der Waals surface area contributed by atoms with Gasteiger partial charge in [0.2, 0.25) is 10.0 Å². The largest absolute Gasteiger partial charge is 0.493 e. The number of sulfonamides is 1. The smallest absolute Gasteiger partial charge is 0.321 e. The zero-order valence-electron chi connectivity index (χ0n) is 12.7. The summed E-state index contributed by atoms with van der Waals surface area (Å²) in [5.41, 5.74) is 0. The minimum atomic E-state index is -3.95. The number of carboxylic acids is 1. The standard InChI is InChI=1S/C13H19NO7S2/c1-3-22(17,18)9-8-21-11-4-6-12(7-5-11)23(19,20)14-10(2)13(15)16/h4-7,10,14H,3,8-9H2,1-2H3,(H,15,16)/t10-/m1/s1. The second-order valence-corrected chi connectivity index (χ2v) is 8.92. The summed E-state index contributed by atoms with van der Waals surface area (Å²) in [4.78, 5) is 10.6. The molecule has 0 fully saturated rings. The second kappa shape index (κ2) is 7.75. The van der Waals surface area contributed by atoms with Gasteiger partial charge in [0.25, 0.3) is 0 Å². The van der Waals surface area contributed by atoms with Crippen LogP contribution in [0.25, 0.3) is 0 Å². The topological polar surface area (TPSA) is 127 Å². The molecule has 0 saturated carbocycles. The van der Waals surface area contributed by atoms with Gasteiger partial charge in [-0.2, -0.15) is 4.72 Å². The SMILES string of the molecule is CCS(=O)(=O)CCOc1ccc(S(=O)(=O)N[C@H](C)C(=O)O)cc1. The van der Waals surface area contributed by atoms with E-state index in [0.717, 1.165) is 0 Å². The van der Waals surface area contributed by atoms with Gasteiger partial charge in [0.05, 0.1) is 10.6 Å². The predicted molar refractivity (Wildman–Crippen MR) is 83.7 cm³/mol. The molecule has 2 N–H and O–H groups in total. The highest BCUT2D eigenvalue weighted by atomic mass is 32.2. The minimum absolute atomic E-state index is 0.0287. The van der Waals surface area contributed by atoms with Gasteiger partial charge in [-0.25, -0.2) is 16.8 Å². The van der Waals surface area contributed by atoms with E-state index in [1.165, 1.54) is 31.2 Å².